The monoisotopic (exact) mass is 446 g/mol. The number of anilines is 1. The van der Waals surface area contributed by atoms with E-state index in [0.29, 0.717) is 5.56 Å². The number of hydrogen-bond acceptors (Lipinski definition) is 5. The molecule has 0 saturated carbocycles. The summed E-state index contributed by atoms with van der Waals surface area (Å²) in [6.07, 6.45) is 2.90. The summed E-state index contributed by atoms with van der Waals surface area (Å²) >= 11 is 2.96. The van der Waals surface area contributed by atoms with E-state index in [0.717, 1.165) is 6.20 Å². The molecular weight excluding hydrogens is 434 g/mol. The lowest BCUT2D eigenvalue weighted by molar-refractivity contribution is 0.412. The fourth-order valence-corrected chi connectivity index (χ4v) is 3.76. The second-order valence-electron chi connectivity index (χ2n) is 5.23. The number of aryl methyl sites for hydroxylation is 1. The molecule has 0 fully saturated rings. The maximum Gasteiger partial charge on any atom is 0.266 e. The summed E-state index contributed by atoms with van der Waals surface area (Å²) < 4.78 is 60.2. The SMILES string of the molecule is COc1cc(Br)c(F)nc1NS(=O)(=O)c1cnn2cc(CCF)ccc12. The zero-order valence-electron chi connectivity index (χ0n) is 13.4. The Balaban J connectivity index is 2.01. The molecule has 0 amide bonds. The number of fused-ring (bicyclic) bond motifs is 1. The predicted molar refractivity (Wildman–Crippen MR) is 94.1 cm³/mol. The van der Waals surface area contributed by atoms with Gasteiger partial charge < -0.3 is 4.74 Å². The van der Waals surface area contributed by atoms with Crippen LogP contribution in [0.25, 0.3) is 5.52 Å². The molecule has 0 unspecified atom stereocenters. The van der Waals surface area contributed by atoms with Crippen molar-refractivity contribution in [1.82, 2.24) is 14.6 Å². The van der Waals surface area contributed by atoms with Crippen molar-refractivity contribution in [3.8, 4) is 5.75 Å². The molecule has 0 aromatic carbocycles. The number of pyridine rings is 2. The standard InChI is InChI=1S/C15H13BrF2N4O3S/c1-25-12-6-10(16)14(18)20-15(12)21-26(23,24)13-7-19-22-8-9(4-5-17)2-3-11(13)22/h2-3,6-8H,4-5H2,1H3,(H,20,21). The van der Waals surface area contributed by atoms with Crippen LogP contribution in [0.1, 0.15) is 5.56 Å². The van der Waals surface area contributed by atoms with Gasteiger partial charge in [0.05, 0.1) is 30.0 Å². The van der Waals surface area contributed by atoms with Crippen molar-refractivity contribution in [2.45, 2.75) is 11.3 Å². The number of halogens is 3. The second-order valence-corrected chi connectivity index (χ2v) is 7.74. The van der Waals surface area contributed by atoms with Crippen LogP contribution in [0.4, 0.5) is 14.6 Å². The number of aromatic nitrogens is 3. The van der Waals surface area contributed by atoms with Gasteiger partial charge in [0.25, 0.3) is 10.0 Å². The Morgan fingerprint density at radius 3 is 2.85 bits per heavy atom. The van der Waals surface area contributed by atoms with E-state index in [4.69, 9.17) is 4.74 Å². The van der Waals surface area contributed by atoms with Crippen molar-refractivity contribution in [3.63, 3.8) is 0 Å². The molecule has 0 spiro atoms. The van der Waals surface area contributed by atoms with E-state index in [-0.39, 0.29) is 32.9 Å². The average Bonchev–Trinajstić information content (AvgIpc) is 3.02. The Kier molecular flexibility index (Phi) is 5.10. The first-order valence-electron chi connectivity index (χ1n) is 7.31. The van der Waals surface area contributed by atoms with E-state index in [2.05, 4.69) is 30.7 Å². The summed E-state index contributed by atoms with van der Waals surface area (Å²) in [4.78, 5) is 3.43. The first kappa shape index (κ1) is 18.5. The Morgan fingerprint density at radius 2 is 2.15 bits per heavy atom. The van der Waals surface area contributed by atoms with E-state index >= 15 is 0 Å². The van der Waals surface area contributed by atoms with Gasteiger partial charge in [-0.1, -0.05) is 6.07 Å². The van der Waals surface area contributed by atoms with E-state index in [1.165, 1.54) is 23.8 Å². The molecule has 1 N–H and O–H groups in total. The van der Waals surface area contributed by atoms with Crippen LogP contribution < -0.4 is 9.46 Å². The first-order chi connectivity index (χ1) is 12.4. The fraction of sp³-hybridized carbons (Fsp3) is 0.200. The molecule has 138 valence electrons. The topological polar surface area (TPSA) is 85.6 Å². The number of hydrogen-bond donors (Lipinski definition) is 1. The highest BCUT2D eigenvalue weighted by Crippen LogP contribution is 2.30. The minimum Gasteiger partial charge on any atom is -0.493 e. The van der Waals surface area contributed by atoms with Crippen molar-refractivity contribution < 1.29 is 21.9 Å². The number of sulfonamides is 1. The normalized spacial score (nSPS) is 11.7. The number of nitrogens with zero attached hydrogens (tertiary/aromatic N) is 3. The van der Waals surface area contributed by atoms with Crippen molar-refractivity contribution in [2.24, 2.45) is 0 Å². The minimum absolute atomic E-state index is 0.0358. The van der Waals surface area contributed by atoms with Crippen LogP contribution >= 0.6 is 15.9 Å². The molecule has 11 heteroatoms. The molecule has 3 rings (SSSR count). The van der Waals surface area contributed by atoms with Crippen LogP contribution in [0.5, 0.6) is 5.75 Å². The summed E-state index contributed by atoms with van der Waals surface area (Å²) in [5, 5.41) is 3.99. The largest absolute Gasteiger partial charge is 0.493 e. The third-order valence-electron chi connectivity index (χ3n) is 3.56. The van der Waals surface area contributed by atoms with Gasteiger partial charge >= 0.3 is 0 Å². The van der Waals surface area contributed by atoms with Crippen LogP contribution in [-0.4, -0.2) is 36.8 Å². The van der Waals surface area contributed by atoms with Gasteiger partial charge in [-0.05, 0) is 27.6 Å². The molecule has 26 heavy (non-hydrogen) atoms. The van der Waals surface area contributed by atoms with Gasteiger partial charge in [0.1, 0.15) is 4.90 Å². The zero-order chi connectivity index (χ0) is 18.9. The van der Waals surface area contributed by atoms with Crippen molar-refractivity contribution >= 4 is 37.3 Å². The molecule has 0 bridgehead atoms. The Bertz CT molecular complexity index is 1070. The molecule has 3 aromatic rings. The van der Waals surface area contributed by atoms with Gasteiger partial charge in [-0.2, -0.15) is 14.5 Å². The van der Waals surface area contributed by atoms with Gasteiger partial charge in [-0.3, -0.25) is 9.11 Å². The highest BCUT2D eigenvalue weighted by atomic mass is 79.9. The van der Waals surface area contributed by atoms with Gasteiger partial charge in [0.2, 0.25) is 5.95 Å². The lowest BCUT2D eigenvalue weighted by Gasteiger charge is -2.11. The first-order valence-corrected chi connectivity index (χ1v) is 9.58. The Labute approximate surface area is 156 Å². The summed E-state index contributed by atoms with van der Waals surface area (Å²) in [6.45, 7) is -0.528. The molecule has 0 aliphatic heterocycles. The molecule has 0 aliphatic rings. The second kappa shape index (κ2) is 7.16. The third-order valence-corrected chi connectivity index (χ3v) is 5.48. The van der Waals surface area contributed by atoms with Crippen molar-refractivity contribution in [1.29, 1.82) is 0 Å². The Morgan fingerprint density at radius 1 is 1.38 bits per heavy atom. The van der Waals surface area contributed by atoms with Gasteiger partial charge in [0, 0.05) is 18.7 Å². The lowest BCUT2D eigenvalue weighted by atomic mass is 10.2. The minimum atomic E-state index is -4.12. The molecule has 3 aromatic heterocycles. The third kappa shape index (κ3) is 3.49. The van der Waals surface area contributed by atoms with Crippen LogP contribution in [-0.2, 0) is 16.4 Å². The van der Waals surface area contributed by atoms with Gasteiger partial charge in [-0.15, -0.1) is 0 Å². The van der Waals surface area contributed by atoms with Crippen LogP contribution in [0.2, 0.25) is 0 Å². The number of rotatable bonds is 6. The maximum absolute atomic E-state index is 13.7. The molecule has 0 aliphatic carbocycles. The molecular formula is C15H13BrF2N4O3S. The highest BCUT2D eigenvalue weighted by molar-refractivity contribution is 9.10. The van der Waals surface area contributed by atoms with Gasteiger partial charge in [-0.25, -0.2) is 12.9 Å². The van der Waals surface area contributed by atoms with Crippen molar-refractivity contribution in [2.75, 3.05) is 18.5 Å². The number of methoxy groups -OCH3 is 1. The molecule has 0 atom stereocenters. The Hall–Kier alpha value is -2.27. The van der Waals surface area contributed by atoms with Gasteiger partial charge in [0.15, 0.2) is 11.6 Å². The number of nitrogens with one attached hydrogen (secondary N) is 1. The predicted octanol–water partition coefficient (Wildman–Crippen LogP) is 2.95. The summed E-state index contributed by atoms with van der Waals surface area (Å²) in [6, 6.07) is 4.41. The molecule has 3 heterocycles. The van der Waals surface area contributed by atoms with Crippen LogP contribution in [0, 0.1) is 5.95 Å². The quantitative estimate of drug-likeness (QED) is 0.588. The number of alkyl halides is 1. The fourth-order valence-electron chi connectivity index (χ4n) is 2.33. The van der Waals surface area contributed by atoms with E-state index < -0.39 is 22.6 Å². The zero-order valence-corrected chi connectivity index (χ0v) is 15.8. The summed E-state index contributed by atoms with van der Waals surface area (Å²) in [5.41, 5.74) is 0.968. The lowest BCUT2D eigenvalue weighted by Crippen LogP contribution is -2.15. The summed E-state index contributed by atoms with van der Waals surface area (Å²) in [5.74, 6) is -1.13. The van der Waals surface area contributed by atoms with E-state index in [1.807, 2.05) is 0 Å². The molecule has 0 radical (unpaired) electrons. The maximum atomic E-state index is 13.7. The molecule has 7 nitrogen and oxygen atoms in total. The van der Waals surface area contributed by atoms with Crippen LogP contribution in [0.15, 0.2) is 40.0 Å². The van der Waals surface area contributed by atoms with Crippen molar-refractivity contribution in [3.05, 3.63) is 46.6 Å². The number of ether oxygens (including phenoxy) is 1. The van der Waals surface area contributed by atoms with Crippen LogP contribution in [0.3, 0.4) is 0 Å². The van der Waals surface area contributed by atoms with E-state index in [9.17, 15) is 17.2 Å². The van der Waals surface area contributed by atoms with E-state index in [1.54, 1.807) is 12.3 Å². The molecule has 0 saturated heterocycles. The smallest absolute Gasteiger partial charge is 0.266 e. The summed E-state index contributed by atoms with van der Waals surface area (Å²) in [7, 11) is -2.81. The average molecular weight is 447 g/mol. The highest BCUT2D eigenvalue weighted by Gasteiger charge is 2.23.